The van der Waals surface area contributed by atoms with E-state index in [2.05, 4.69) is 38.2 Å². The van der Waals surface area contributed by atoms with Gasteiger partial charge in [0.2, 0.25) is 0 Å². The molecule has 4 atom stereocenters. The molecule has 41 heavy (non-hydrogen) atoms. The first-order valence-electron chi connectivity index (χ1n) is 13.5. The fraction of sp³-hybridized carbons (Fsp3) is 0.419. The van der Waals surface area contributed by atoms with Gasteiger partial charge in [0.05, 0.1) is 10.9 Å². The van der Waals surface area contributed by atoms with Crippen molar-refractivity contribution in [2.75, 3.05) is 11.9 Å². The van der Waals surface area contributed by atoms with Crippen LogP contribution in [0.25, 0.3) is 0 Å². The van der Waals surface area contributed by atoms with Crippen LogP contribution in [0, 0.1) is 41.1 Å². The van der Waals surface area contributed by atoms with Gasteiger partial charge in [0.15, 0.2) is 17.5 Å². The summed E-state index contributed by atoms with van der Waals surface area (Å²) in [5, 5.41) is 7.08. The Labute approximate surface area is 248 Å². The topological polar surface area (TPSA) is 50.7 Å². The normalized spacial score (nSPS) is 17.4. The molecule has 0 heterocycles. The summed E-state index contributed by atoms with van der Waals surface area (Å²) in [6.45, 7) is 8.67. The molecule has 10 heteroatoms. The van der Waals surface area contributed by atoms with Gasteiger partial charge in [0.25, 0.3) is 5.91 Å². The maximum atomic E-state index is 13.8. The third-order valence-corrected chi connectivity index (χ3v) is 8.52. The summed E-state index contributed by atoms with van der Waals surface area (Å²) >= 11 is 8.02. The molecule has 1 aliphatic carbocycles. The van der Waals surface area contributed by atoms with Crippen LogP contribution in [0.3, 0.4) is 0 Å². The van der Waals surface area contributed by atoms with Gasteiger partial charge in [-0.3, -0.25) is 4.79 Å². The van der Waals surface area contributed by atoms with Crippen molar-refractivity contribution in [2.45, 2.75) is 57.1 Å². The number of halogens is 5. The highest BCUT2D eigenvalue weighted by molar-refractivity contribution is 8.00. The van der Waals surface area contributed by atoms with Gasteiger partial charge in [-0.2, -0.15) is 0 Å². The lowest BCUT2D eigenvalue weighted by molar-refractivity contribution is 0.102. The van der Waals surface area contributed by atoms with Crippen LogP contribution in [-0.4, -0.2) is 24.0 Å². The lowest BCUT2D eigenvalue weighted by Crippen LogP contribution is -2.20. The van der Waals surface area contributed by atoms with E-state index in [0.717, 1.165) is 25.0 Å². The molecule has 1 aliphatic rings. The zero-order chi connectivity index (χ0) is 30.1. The first-order valence-corrected chi connectivity index (χ1v) is 14.8. The van der Waals surface area contributed by atoms with E-state index < -0.39 is 23.4 Å². The van der Waals surface area contributed by atoms with Crippen LogP contribution in [0.15, 0.2) is 64.4 Å². The second kappa shape index (κ2) is 15.4. The summed E-state index contributed by atoms with van der Waals surface area (Å²) in [4.78, 5) is 18.9. The molecule has 0 radical (unpaired) electrons. The molecule has 0 aliphatic heterocycles. The standard InChI is InChI=1S/C31H35ClF4N2O2S/c1-18(2)11-23(12-19(3)16-37-40-17-22-7-5-6-8-26(22)33)20(4)41-29-13-21(9-10-25(29)32)31(39)38-24-14-27(34)30(36)28(35)15-24/h5-6,8-10,13-16,18-20,22-23H,7,11-12,17H2,1-4H3,(H,38,39)/b37-16+. The van der Waals surface area contributed by atoms with Gasteiger partial charge in [-0.05, 0) is 61.3 Å². The second-order valence-electron chi connectivity index (χ2n) is 10.7. The van der Waals surface area contributed by atoms with Crippen LogP contribution in [0.1, 0.15) is 57.3 Å². The molecule has 0 spiro atoms. The summed E-state index contributed by atoms with van der Waals surface area (Å²) in [6, 6.07) is 6.19. The van der Waals surface area contributed by atoms with Crippen LogP contribution in [0.4, 0.5) is 23.2 Å². The Kier molecular flexibility index (Phi) is 12.3. The Bertz CT molecular complexity index is 1280. The maximum absolute atomic E-state index is 13.8. The largest absolute Gasteiger partial charge is 0.395 e. The van der Waals surface area contributed by atoms with E-state index in [1.54, 1.807) is 36.2 Å². The molecule has 4 nitrogen and oxygen atoms in total. The molecule has 0 saturated heterocycles. The summed E-state index contributed by atoms with van der Waals surface area (Å²) < 4.78 is 54.2. The minimum atomic E-state index is -1.60. The molecule has 4 unspecified atom stereocenters. The van der Waals surface area contributed by atoms with E-state index >= 15 is 0 Å². The van der Waals surface area contributed by atoms with Gasteiger partial charge in [0.1, 0.15) is 12.4 Å². The number of hydrogen-bond donors (Lipinski definition) is 1. The van der Waals surface area contributed by atoms with E-state index in [9.17, 15) is 22.4 Å². The summed E-state index contributed by atoms with van der Waals surface area (Å²) in [6.07, 6.45) is 9.18. The number of amides is 1. The van der Waals surface area contributed by atoms with Crippen LogP contribution in [-0.2, 0) is 4.84 Å². The number of nitrogens with zero attached hydrogens (tertiary/aromatic N) is 1. The van der Waals surface area contributed by atoms with Gasteiger partial charge >= 0.3 is 0 Å². The number of rotatable bonds is 13. The molecule has 0 aromatic heterocycles. The predicted octanol–water partition coefficient (Wildman–Crippen LogP) is 9.61. The number of carbonyl (C=O) groups is 1. The van der Waals surface area contributed by atoms with E-state index in [-0.39, 0.29) is 46.7 Å². The Morgan fingerprint density at radius 2 is 1.83 bits per heavy atom. The van der Waals surface area contributed by atoms with Crippen molar-refractivity contribution in [3.8, 4) is 0 Å². The fourth-order valence-corrected chi connectivity index (χ4v) is 6.01. The third-order valence-electron chi connectivity index (χ3n) is 6.73. The highest BCUT2D eigenvalue weighted by atomic mass is 35.5. The average Bonchev–Trinajstić information content (AvgIpc) is 2.91. The maximum Gasteiger partial charge on any atom is 0.255 e. The van der Waals surface area contributed by atoms with Crippen molar-refractivity contribution in [1.29, 1.82) is 0 Å². The average molecular weight is 611 g/mol. The van der Waals surface area contributed by atoms with E-state index in [1.807, 2.05) is 6.08 Å². The quantitative estimate of drug-likeness (QED) is 0.0807. The molecule has 2 aromatic rings. The Morgan fingerprint density at radius 3 is 2.49 bits per heavy atom. The summed E-state index contributed by atoms with van der Waals surface area (Å²) in [5.74, 6) is -4.66. The molecule has 0 bridgehead atoms. The lowest BCUT2D eigenvalue weighted by atomic mass is 9.87. The number of anilines is 1. The zero-order valence-corrected chi connectivity index (χ0v) is 25.0. The first-order chi connectivity index (χ1) is 19.4. The number of hydrogen-bond acceptors (Lipinski definition) is 4. The van der Waals surface area contributed by atoms with Crippen molar-refractivity contribution >= 4 is 41.2 Å². The molecule has 0 saturated carbocycles. The van der Waals surface area contributed by atoms with Crippen molar-refractivity contribution in [2.24, 2.45) is 28.8 Å². The van der Waals surface area contributed by atoms with Crippen LogP contribution in [0.2, 0.25) is 5.02 Å². The molecule has 0 fully saturated rings. The smallest absolute Gasteiger partial charge is 0.255 e. The Morgan fingerprint density at radius 1 is 1.12 bits per heavy atom. The number of oxime groups is 1. The number of benzene rings is 2. The SMILES string of the molecule is CC(C)CC(CC(C)/C=N/OCC1CC=CC=C1F)C(C)Sc1cc(C(=O)Nc2cc(F)c(F)c(F)c2)ccc1Cl. The number of nitrogens with one attached hydrogen (secondary N) is 1. The van der Waals surface area contributed by atoms with Gasteiger partial charge < -0.3 is 10.2 Å². The van der Waals surface area contributed by atoms with Gasteiger partial charge in [-0.25, -0.2) is 17.6 Å². The number of allylic oxidation sites excluding steroid dienone is 3. The predicted molar refractivity (Wildman–Crippen MR) is 159 cm³/mol. The van der Waals surface area contributed by atoms with Crippen LogP contribution < -0.4 is 5.32 Å². The molecular formula is C31H35ClF4N2O2S. The van der Waals surface area contributed by atoms with Gasteiger partial charge in [-0.1, -0.05) is 56.6 Å². The van der Waals surface area contributed by atoms with E-state index in [0.29, 0.717) is 22.3 Å². The molecule has 2 aromatic carbocycles. The highest BCUT2D eigenvalue weighted by Crippen LogP contribution is 2.38. The van der Waals surface area contributed by atoms with E-state index in [4.69, 9.17) is 16.4 Å². The van der Waals surface area contributed by atoms with Crippen LogP contribution in [0.5, 0.6) is 0 Å². The molecule has 1 N–H and O–H groups in total. The zero-order valence-electron chi connectivity index (χ0n) is 23.5. The molecular weight excluding hydrogens is 576 g/mol. The Hall–Kier alpha value is -2.78. The number of carbonyl (C=O) groups excluding carboxylic acids is 1. The second-order valence-corrected chi connectivity index (χ2v) is 12.6. The van der Waals surface area contributed by atoms with Gasteiger partial charge in [0, 0.05) is 39.7 Å². The molecule has 3 rings (SSSR count). The minimum Gasteiger partial charge on any atom is -0.395 e. The fourth-order valence-electron chi connectivity index (χ4n) is 4.56. The van der Waals surface area contributed by atoms with Gasteiger partial charge in [-0.15, -0.1) is 11.8 Å². The first kappa shape index (κ1) is 32.7. The van der Waals surface area contributed by atoms with E-state index in [1.165, 1.54) is 12.1 Å². The van der Waals surface area contributed by atoms with Crippen molar-refractivity contribution in [3.63, 3.8) is 0 Å². The number of thioether (sulfide) groups is 1. The molecule has 222 valence electrons. The summed E-state index contributed by atoms with van der Waals surface area (Å²) in [5.41, 5.74) is 0.0461. The van der Waals surface area contributed by atoms with Crippen molar-refractivity contribution in [3.05, 3.63) is 82.4 Å². The van der Waals surface area contributed by atoms with Crippen LogP contribution >= 0.6 is 23.4 Å². The minimum absolute atomic E-state index is 0.109. The third kappa shape index (κ3) is 9.92. The van der Waals surface area contributed by atoms with Crippen molar-refractivity contribution < 1.29 is 27.2 Å². The molecule has 1 amide bonds. The summed E-state index contributed by atoms with van der Waals surface area (Å²) in [7, 11) is 0. The van der Waals surface area contributed by atoms with Crippen molar-refractivity contribution in [1.82, 2.24) is 0 Å². The highest BCUT2D eigenvalue weighted by Gasteiger charge is 2.24. The lowest BCUT2D eigenvalue weighted by Gasteiger charge is -2.27. The Balaban J connectivity index is 1.63. The monoisotopic (exact) mass is 610 g/mol.